The molecule has 6 rings (SSSR count). The number of rotatable bonds is 9. The molecule has 1 fully saturated rings. The molecule has 226 valence electrons. The fraction of sp³-hybridized carbons (Fsp3) is 0.235. The Balaban J connectivity index is 1.40. The molecule has 1 aromatic heterocycles. The van der Waals surface area contributed by atoms with E-state index in [0.717, 1.165) is 16.7 Å². The first-order valence-corrected chi connectivity index (χ1v) is 14.5. The van der Waals surface area contributed by atoms with Crippen LogP contribution in [0.3, 0.4) is 0 Å². The van der Waals surface area contributed by atoms with Gasteiger partial charge in [0.05, 0.1) is 42.9 Å². The van der Waals surface area contributed by atoms with E-state index >= 15 is 0 Å². The van der Waals surface area contributed by atoms with Gasteiger partial charge in [0.25, 0.3) is 5.56 Å². The average Bonchev–Trinajstić information content (AvgIpc) is 3.41. The maximum Gasteiger partial charge on any atom is 0.330 e. The Labute approximate surface area is 258 Å². The predicted molar refractivity (Wildman–Crippen MR) is 167 cm³/mol. The Morgan fingerprint density at radius 3 is 2.05 bits per heavy atom. The number of halogens is 1. The molecule has 9 nitrogen and oxygen atoms in total. The molecule has 1 aliphatic heterocycles. The van der Waals surface area contributed by atoms with Gasteiger partial charge in [-0.05, 0) is 53.1 Å². The Morgan fingerprint density at radius 2 is 1.45 bits per heavy atom. The summed E-state index contributed by atoms with van der Waals surface area (Å²) in [5.41, 5.74) is 0.482. The van der Waals surface area contributed by atoms with Crippen molar-refractivity contribution in [2.24, 2.45) is 0 Å². The number of aromatic amines is 1. The Bertz CT molecular complexity index is 1820. The minimum atomic E-state index is -1.12. The number of aliphatic hydroxyl groups excluding tert-OH is 1. The molecule has 5 aromatic rings. The van der Waals surface area contributed by atoms with Crippen molar-refractivity contribution in [2.45, 2.75) is 30.5 Å². The van der Waals surface area contributed by atoms with Gasteiger partial charge in [0.1, 0.15) is 29.4 Å². The van der Waals surface area contributed by atoms with Gasteiger partial charge in [-0.15, -0.1) is 0 Å². The van der Waals surface area contributed by atoms with E-state index in [-0.39, 0.29) is 23.4 Å². The van der Waals surface area contributed by atoms with Crippen molar-refractivity contribution in [3.05, 3.63) is 140 Å². The molecule has 0 radical (unpaired) electrons. The van der Waals surface area contributed by atoms with Gasteiger partial charge in [-0.2, -0.15) is 0 Å². The zero-order valence-electron chi connectivity index (χ0n) is 24.1. The molecule has 2 N–H and O–H groups in total. The number of aromatic nitrogens is 2. The molecule has 3 atom stereocenters. The standard InChI is InChI=1S/C34H31ClN2O7/c1-41-24-15-11-22(12-16-24)34(21-7-4-3-5-8-21,23-13-17-25(42-2)18-14-23)43-20-29-28(38)19-30(44-29)37-27-10-6-9-26(35)31(27)32(39)36-33(37)40/h3-18,28-30,38H,19-20H2,1-2H3,(H,36,39,40)/t28-,29+,30-/m0/s1. The van der Waals surface area contributed by atoms with Crippen LogP contribution in [0.15, 0.2) is 107 Å². The van der Waals surface area contributed by atoms with E-state index in [1.807, 2.05) is 78.9 Å². The lowest BCUT2D eigenvalue weighted by Gasteiger charge is -2.37. The number of aliphatic hydroxyl groups is 1. The highest BCUT2D eigenvalue weighted by Crippen LogP contribution is 2.43. The second-order valence-corrected chi connectivity index (χ2v) is 10.9. The quantitative estimate of drug-likeness (QED) is 0.224. The summed E-state index contributed by atoms with van der Waals surface area (Å²) in [4.78, 5) is 27.9. The summed E-state index contributed by atoms with van der Waals surface area (Å²) in [6.45, 7) is -0.0264. The second-order valence-electron chi connectivity index (χ2n) is 10.5. The van der Waals surface area contributed by atoms with Crippen LogP contribution in [0.2, 0.25) is 5.02 Å². The van der Waals surface area contributed by atoms with Gasteiger partial charge in [-0.25, -0.2) is 4.79 Å². The third-order valence-electron chi connectivity index (χ3n) is 8.05. The highest BCUT2D eigenvalue weighted by Gasteiger charge is 2.42. The second kappa shape index (κ2) is 12.3. The van der Waals surface area contributed by atoms with E-state index in [0.29, 0.717) is 17.0 Å². The molecule has 1 saturated heterocycles. The molecule has 10 heteroatoms. The number of fused-ring (bicyclic) bond motifs is 1. The molecule has 4 aromatic carbocycles. The SMILES string of the molecule is COc1ccc(C(OC[C@H]2O[C@H](n3c(=O)[nH]c(=O)c4c(Cl)cccc43)C[C@@H]2O)(c2ccccc2)c2ccc(OC)cc2)cc1. The number of H-pyrrole nitrogens is 1. The van der Waals surface area contributed by atoms with Crippen molar-refractivity contribution >= 4 is 22.5 Å². The smallest absolute Gasteiger partial charge is 0.330 e. The van der Waals surface area contributed by atoms with Crippen molar-refractivity contribution in [1.29, 1.82) is 0 Å². The molecule has 0 aliphatic carbocycles. The first-order chi connectivity index (χ1) is 21.3. The first-order valence-electron chi connectivity index (χ1n) is 14.1. The Hall–Kier alpha value is -4.41. The van der Waals surface area contributed by atoms with Crippen molar-refractivity contribution in [3.8, 4) is 11.5 Å². The normalized spacial score (nSPS) is 18.4. The lowest BCUT2D eigenvalue weighted by Crippen LogP contribution is -2.38. The van der Waals surface area contributed by atoms with Gasteiger partial charge in [0.2, 0.25) is 0 Å². The fourth-order valence-electron chi connectivity index (χ4n) is 5.86. The maximum atomic E-state index is 13.0. The summed E-state index contributed by atoms with van der Waals surface area (Å²) in [6.07, 6.45) is -2.52. The van der Waals surface area contributed by atoms with Crippen molar-refractivity contribution in [1.82, 2.24) is 9.55 Å². The molecule has 1 aliphatic rings. The summed E-state index contributed by atoms with van der Waals surface area (Å²) in [6, 6.07) is 29.9. The van der Waals surface area contributed by atoms with E-state index in [4.69, 9.17) is 30.5 Å². The maximum absolute atomic E-state index is 13.0. The third kappa shape index (κ3) is 5.28. The van der Waals surface area contributed by atoms with Crippen LogP contribution in [0, 0.1) is 0 Å². The highest BCUT2D eigenvalue weighted by molar-refractivity contribution is 6.35. The first kappa shape index (κ1) is 29.7. The van der Waals surface area contributed by atoms with Crippen LogP contribution in [0.5, 0.6) is 11.5 Å². The van der Waals surface area contributed by atoms with Crippen LogP contribution in [-0.4, -0.2) is 47.7 Å². The van der Waals surface area contributed by atoms with E-state index in [9.17, 15) is 14.7 Å². The number of methoxy groups -OCH3 is 2. The number of benzene rings is 4. The van der Waals surface area contributed by atoms with E-state index in [1.165, 1.54) is 4.57 Å². The molecule has 0 spiro atoms. The van der Waals surface area contributed by atoms with E-state index in [1.54, 1.807) is 32.4 Å². The minimum Gasteiger partial charge on any atom is -0.497 e. The van der Waals surface area contributed by atoms with Crippen LogP contribution in [0.1, 0.15) is 29.3 Å². The Morgan fingerprint density at radius 1 is 0.864 bits per heavy atom. The zero-order valence-corrected chi connectivity index (χ0v) is 24.9. The number of nitrogens with one attached hydrogen (secondary N) is 1. The zero-order chi connectivity index (χ0) is 30.8. The topological polar surface area (TPSA) is 112 Å². The van der Waals surface area contributed by atoms with Gasteiger partial charge in [0.15, 0.2) is 0 Å². The largest absolute Gasteiger partial charge is 0.497 e. The molecular formula is C34H31ClN2O7. The van der Waals surface area contributed by atoms with Crippen molar-refractivity contribution < 1.29 is 24.1 Å². The van der Waals surface area contributed by atoms with Crippen LogP contribution in [0.4, 0.5) is 0 Å². The number of nitrogens with zero attached hydrogens (tertiary/aromatic N) is 1. The molecule has 0 saturated carbocycles. The van der Waals surface area contributed by atoms with E-state index < -0.39 is 35.3 Å². The summed E-state index contributed by atoms with van der Waals surface area (Å²) < 4.78 is 25.3. The molecule has 2 heterocycles. The summed E-state index contributed by atoms with van der Waals surface area (Å²) in [7, 11) is 3.22. The van der Waals surface area contributed by atoms with Crippen LogP contribution in [0.25, 0.3) is 10.9 Å². The van der Waals surface area contributed by atoms with Crippen LogP contribution in [-0.2, 0) is 15.1 Å². The van der Waals surface area contributed by atoms with Crippen molar-refractivity contribution in [3.63, 3.8) is 0 Å². The highest BCUT2D eigenvalue weighted by atomic mass is 35.5. The van der Waals surface area contributed by atoms with Gasteiger partial charge in [-0.1, -0.05) is 72.3 Å². The third-order valence-corrected chi connectivity index (χ3v) is 8.36. The Kier molecular flexibility index (Phi) is 8.29. The summed E-state index contributed by atoms with van der Waals surface area (Å²) >= 11 is 6.30. The average molecular weight is 615 g/mol. The lowest BCUT2D eigenvalue weighted by molar-refractivity contribution is -0.0936. The van der Waals surface area contributed by atoms with Crippen molar-refractivity contribution in [2.75, 3.05) is 20.8 Å². The molecular weight excluding hydrogens is 584 g/mol. The van der Waals surface area contributed by atoms with Gasteiger partial charge < -0.3 is 24.1 Å². The molecule has 0 bridgehead atoms. The van der Waals surface area contributed by atoms with Gasteiger partial charge >= 0.3 is 5.69 Å². The molecule has 0 amide bonds. The number of hydrogen-bond acceptors (Lipinski definition) is 7. The number of ether oxygens (including phenoxy) is 4. The van der Waals surface area contributed by atoms with E-state index in [2.05, 4.69) is 4.98 Å². The van der Waals surface area contributed by atoms with Gasteiger partial charge in [0, 0.05) is 6.42 Å². The monoisotopic (exact) mass is 614 g/mol. The van der Waals surface area contributed by atoms with Crippen LogP contribution >= 0.6 is 11.6 Å². The predicted octanol–water partition coefficient (Wildman–Crippen LogP) is 5.02. The molecule has 44 heavy (non-hydrogen) atoms. The van der Waals surface area contributed by atoms with Gasteiger partial charge in [-0.3, -0.25) is 14.3 Å². The lowest BCUT2D eigenvalue weighted by atomic mass is 9.80. The number of hydrogen-bond donors (Lipinski definition) is 2. The summed E-state index contributed by atoms with van der Waals surface area (Å²) in [5.74, 6) is 1.39. The minimum absolute atomic E-state index is 0.0264. The van der Waals surface area contributed by atoms with Crippen LogP contribution < -0.4 is 20.7 Å². The molecule has 0 unspecified atom stereocenters. The fourth-order valence-corrected chi connectivity index (χ4v) is 6.11. The summed E-state index contributed by atoms with van der Waals surface area (Å²) in [5, 5.41) is 11.6.